The van der Waals surface area contributed by atoms with Crippen molar-refractivity contribution in [3.05, 3.63) is 63.5 Å². The number of amides is 1. The van der Waals surface area contributed by atoms with Gasteiger partial charge in [-0.05, 0) is 18.2 Å². The van der Waals surface area contributed by atoms with Crippen LogP contribution in [0.25, 0.3) is 0 Å². The number of nitrogens with zero attached hydrogens (tertiary/aromatic N) is 1. The van der Waals surface area contributed by atoms with Gasteiger partial charge in [-0.1, -0.05) is 23.7 Å². The van der Waals surface area contributed by atoms with E-state index >= 15 is 0 Å². The molecule has 6 heteroatoms. The van der Waals surface area contributed by atoms with Crippen LogP contribution in [0.2, 0.25) is 5.02 Å². The highest BCUT2D eigenvalue weighted by Crippen LogP contribution is 2.22. The lowest BCUT2D eigenvalue weighted by molar-refractivity contribution is 0.0773. The molecule has 1 aromatic heterocycles. The molecule has 1 aromatic carbocycles. The first-order chi connectivity index (χ1) is 10.1. The maximum atomic E-state index is 12.1. The lowest BCUT2D eigenvalue weighted by Gasteiger charge is -2.17. The topological polar surface area (TPSA) is 62.4 Å². The van der Waals surface area contributed by atoms with Gasteiger partial charge in [0.2, 0.25) is 5.56 Å². The van der Waals surface area contributed by atoms with Crippen molar-refractivity contribution in [1.29, 1.82) is 0 Å². The number of ether oxygens (including phenoxy) is 1. The summed E-state index contributed by atoms with van der Waals surface area (Å²) in [4.78, 5) is 27.2. The van der Waals surface area contributed by atoms with E-state index in [1.54, 1.807) is 25.2 Å². The fourth-order valence-electron chi connectivity index (χ4n) is 1.75. The van der Waals surface area contributed by atoms with Crippen molar-refractivity contribution in [1.82, 2.24) is 9.88 Å². The average molecular weight is 307 g/mol. The number of para-hydroxylation sites is 1. The molecule has 0 saturated heterocycles. The van der Waals surface area contributed by atoms with Crippen LogP contribution in [0.3, 0.4) is 0 Å². The number of carbonyl (C=O) groups excluding carboxylic acids is 1. The number of likely N-dealkylation sites (N-methyl/N-ethyl adjacent to an activating group) is 1. The Kier molecular flexibility index (Phi) is 5.00. The van der Waals surface area contributed by atoms with Gasteiger partial charge in [0.1, 0.15) is 12.4 Å². The first-order valence-corrected chi connectivity index (χ1v) is 6.77. The van der Waals surface area contributed by atoms with Crippen molar-refractivity contribution in [3.8, 4) is 5.75 Å². The smallest absolute Gasteiger partial charge is 0.253 e. The van der Waals surface area contributed by atoms with E-state index in [1.807, 2.05) is 12.1 Å². The Bertz CT molecular complexity index is 684. The zero-order valence-electron chi connectivity index (χ0n) is 11.5. The van der Waals surface area contributed by atoms with Crippen LogP contribution in [0, 0.1) is 0 Å². The fourth-order valence-corrected chi connectivity index (χ4v) is 1.94. The van der Waals surface area contributed by atoms with Crippen LogP contribution < -0.4 is 10.3 Å². The van der Waals surface area contributed by atoms with Crippen LogP contribution >= 0.6 is 11.6 Å². The average Bonchev–Trinajstić information content (AvgIpc) is 2.48. The van der Waals surface area contributed by atoms with E-state index in [1.165, 1.54) is 17.2 Å². The number of hydrogen-bond donors (Lipinski definition) is 1. The Morgan fingerprint density at radius 3 is 2.81 bits per heavy atom. The number of halogens is 1. The molecule has 0 fully saturated rings. The van der Waals surface area contributed by atoms with Crippen LogP contribution in [0.4, 0.5) is 0 Å². The SMILES string of the molecule is CN(CCOc1ccccc1Cl)C(=O)c1cc[nH]c(=O)c1. The highest BCUT2D eigenvalue weighted by Gasteiger charge is 2.12. The Labute approximate surface area is 127 Å². The molecule has 2 rings (SSSR count). The van der Waals surface area contributed by atoms with Crippen molar-refractivity contribution < 1.29 is 9.53 Å². The molecule has 5 nitrogen and oxygen atoms in total. The summed E-state index contributed by atoms with van der Waals surface area (Å²) < 4.78 is 5.52. The van der Waals surface area contributed by atoms with Crippen LogP contribution in [-0.2, 0) is 0 Å². The number of aromatic nitrogens is 1. The number of aromatic amines is 1. The second kappa shape index (κ2) is 6.95. The zero-order valence-corrected chi connectivity index (χ0v) is 12.3. The molecule has 0 aliphatic heterocycles. The number of nitrogens with one attached hydrogen (secondary N) is 1. The van der Waals surface area contributed by atoms with E-state index in [9.17, 15) is 9.59 Å². The third-order valence-corrected chi connectivity index (χ3v) is 3.20. The Balaban J connectivity index is 1.90. The lowest BCUT2D eigenvalue weighted by atomic mass is 10.2. The molecule has 1 amide bonds. The number of hydrogen-bond acceptors (Lipinski definition) is 3. The number of H-pyrrole nitrogens is 1. The Hall–Kier alpha value is -2.27. The minimum absolute atomic E-state index is 0.233. The number of pyridine rings is 1. The van der Waals surface area contributed by atoms with E-state index < -0.39 is 0 Å². The van der Waals surface area contributed by atoms with E-state index in [-0.39, 0.29) is 11.5 Å². The fraction of sp³-hybridized carbons (Fsp3) is 0.200. The molecule has 0 radical (unpaired) electrons. The molecule has 2 aromatic rings. The molecule has 1 N–H and O–H groups in total. The standard InChI is InChI=1S/C15H15ClN2O3/c1-18(15(20)11-6-7-17-14(19)10-11)8-9-21-13-5-3-2-4-12(13)16/h2-7,10H,8-9H2,1H3,(H,17,19). The number of benzene rings is 1. The molecule has 0 saturated carbocycles. The summed E-state index contributed by atoms with van der Waals surface area (Å²) in [6.07, 6.45) is 1.45. The highest BCUT2D eigenvalue weighted by atomic mass is 35.5. The van der Waals surface area contributed by atoms with Crippen LogP contribution in [0.5, 0.6) is 5.75 Å². The molecule has 21 heavy (non-hydrogen) atoms. The molecule has 0 aliphatic carbocycles. The summed E-state index contributed by atoms with van der Waals surface area (Å²) in [7, 11) is 1.65. The highest BCUT2D eigenvalue weighted by molar-refractivity contribution is 6.32. The van der Waals surface area contributed by atoms with Crippen molar-refractivity contribution in [2.75, 3.05) is 20.2 Å². The van der Waals surface area contributed by atoms with Gasteiger partial charge in [-0.15, -0.1) is 0 Å². The van der Waals surface area contributed by atoms with Crippen LogP contribution in [0.1, 0.15) is 10.4 Å². The second-order valence-electron chi connectivity index (χ2n) is 4.45. The predicted octanol–water partition coefficient (Wildman–Crippen LogP) is 2.18. The monoisotopic (exact) mass is 306 g/mol. The van der Waals surface area contributed by atoms with E-state index in [0.717, 1.165) is 0 Å². The second-order valence-corrected chi connectivity index (χ2v) is 4.85. The van der Waals surface area contributed by atoms with Gasteiger partial charge in [0.15, 0.2) is 0 Å². The predicted molar refractivity (Wildman–Crippen MR) is 81.0 cm³/mol. The maximum Gasteiger partial charge on any atom is 0.253 e. The lowest BCUT2D eigenvalue weighted by Crippen LogP contribution is -2.31. The van der Waals surface area contributed by atoms with Crippen LogP contribution in [-0.4, -0.2) is 36.0 Å². The molecular formula is C15H15ClN2O3. The maximum absolute atomic E-state index is 12.1. The summed E-state index contributed by atoms with van der Waals surface area (Å²) in [6.45, 7) is 0.700. The number of rotatable bonds is 5. The molecule has 0 bridgehead atoms. The third kappa shape index (κ3) is 4.10. The van der Waals surface area contributed by atoms with Crippen molar-refractivity contribution in [2.45, 2.75) is 0 Å². The molecule has 0 aliphatic rings. The minimum Gasteiger partial charge on any atom is -0.490 e. The molecule has 0 atom stereocenters. The zero-order chi connectivity index (χ0) is 15.2. The van der Waals surface area contributed by atoms with Gasteiger partial charge in [-0.3, -0.25) is 9.59 Å². The Morgan fingerprint density at radius 1 is 1.33 bits per heavy atom. The third-order valence-electron chi connectivity index (χ3n) is 2.89. The van der Waals surface area contributed by atoms with Gasteiger partial charge in [0.05, 0.1) is 11.6 Å². The normalized spacial score (nSPS) is 10.2. The van der Waals surface area contributed by atoms with Gasteiger partial charge in [-0.25, -0.2) is 0 Å². The van der Waals surface area contributed by atoms with E-state index in [0.29, 0.717) is 29.5 Å². The van der Waals surface area contributed by atoms with Gasteiger partial charge in [0, 0.05) is 24.9 Å². The number of carbonyl (C=O) groups is 1. The molecule has 0 spiro atoms. The summed E-state index contributed by atoms with van der Waals surface area (Å²) in [6, 6.07) is 9.98. The van der Waals surface area contributed by atoms with Crippen LogP contribution in [0.15, 0.2) is 47.4 Å². The summed E-state index contributed by atoms with van der Waals surface area (Å²) in [5.41, 5.74) is 0.0422. The molecule has 110 valence electrons. The van der Waals surface area contributed by atoms with Gasteiger partial charge < -0.3 is 14.6 Å². The van der Waals surface area contributed by atoms with Gasteiger partial charge >= 0.3 is 0 Å². The van der Waals surface area contributed by atoms with Crippen molar-refractivity contribution in [2.24, 2.45) is 0 Å². The molecule has 0 unspecified atom stereocenters. The van der Waals surface area contributed by atoms with Gasteiger partial charge in [-0.2, -0.15) is 0 Å². The first kappa shape index (κ1) is 15.1. The minimum atomic E-state index is -0.304. The van der Waals surface area contributed by atoms with E-state index in [4.69, 9.17) is 16.3 Å². The van der Waals surface area contributed by atoms with Crippen molar-refractivity contribution >= 4 is 17.5 Å². The summed E-state index contributed by atoms with van der Waals surface area (Å²) in [5, 5.41) is 0.529. The van der Waals surface area contributed by atoms with Gasteiger partial charge in [0.25, 0.3) is 5.91 Å². The Morgan fingerprint density at radius 2 is 2.10 bits per heavy atom. The summed E-state index contributed by atoms with van der Waals surface area (Å²) in [5.74, 6) is 0.347. The van der Waals surface area contributed by atoms with E-state index in [2.05, 4.69) is 4.98 Å². The van der Waals surface area contributed by atoms with Crippen molar-refractivity contribution in [3.63, 3.8) is 0 Å². The molecule has 1 heterocycles. The summed E-state index contributed by atoms with van der Waals surface area (Å²) >= 11 is 5.97. The quantitative estimate of drug-likeness (QED) is 0.921. The first-order valence-electron chi connectivity index (χ1n) is 6.39. The largest absolute Gasteiger partial charge is 0.490 e. The molecular weight excluding hydrogens is 292 g/mol.